The summed E-state index contributed by atoms with van der Waals surface area (Å²) in [5.74, 6) is 0.604. The van der Waals surface area contributed by atoms with Gasteiger partial charge in [-0.1, -0.05) is 11.6 Å². The number of nitrogens with zero attached hydrogens (tertiary/aromatic N) is 3. The minimum atomic E-state index is -0.436. The Labute approximate surface area is 183 Å². The molecule has 8 nitrogen and oxygen atoms in total. The molecule has 1 atom stereocenters. The van der Waals surface area contributed by atoms with E-state index >= 15 is 0 Å². The fourth-order valence-corrected chi connectivity index (χ4v) is 3.02. The summed E-state index contributed by atoms with van der Waals surface area (Å²) >= 11 is 5.68. The van der Waals surface area contributed by atoms with Crippen molar-refractivity contribution in [3.63, 3.8) is 0 Å². The number of rotatable bonds is 5. The molecule has 0 amide bonds. The number of hydrogen-bond acceptors (Lipinski definition) is 7. The lowest BCUT2D eigenvalue weighted by atomic mass is 10.2. The molecule has 160 valence electrons. The molecule has 9 heteroatoms. The highest BCUT2D eigenvalue weighted by molar-refractivity contribution is 6.29. The van der Waals surface area contributed by atoms with E-state index < -0.39 is 4.92 Å². The average molecular weight is 441 g/mol. The number of anilines is 1. The van der Waals surface area contributed by atoms with Gasteiger partial charge in [0.05, 0.1) is 22.6 Å². The Morgan fingerprint density at radius 2 is 1.71 bits per heavy atom. The van der Waals surface area contributed by atoms with Gasteiger partial charge in [-0.15, -0.1) is 0 Å². The molecule has 0 bridgehead atoms. The minimum absolute atomic E-state index is 0.0151. The van der Waals surface area contributed by atoms with Crippen LogP contribution < -0.4 is 10.5 Å². The lowest BCUT2D eigenvalue weighted by Gasteiger charge is -2.13. The van der Waals surface area contributed by atoms with Crippen molar-refractivity contribution in [1.82, 2.24) is 9.97 Å². The van der Waals surface area contributed by atoms with E-state index in [1.807, 2.05) is 37.3 Å². The molecule has 4 rings (SSSR count). The average Bonchev–Trinajstić information content (AvgIpc) is 2.74. The van der Waals surface area contributed by atoms with Crippen molar-refractivity contribution in [3.05, 3.63) is 75.9 Å². The Bertz CT molecular complexity index is 1220. The molecule has 0 spiro atoms. The van der Waals surface area contributed by atoms with Gasteiger partial charge >= 0.3 is 0 Å². The molecule has 4 aromatic rings. The summed E-state index contributed by atoms with van der Waals surface area (Å²) in [6.45, 7) is 2.49. The first-order chi connectivity index (χ1) is 14.9. The number of pyridine rings is 2. The SMILES string of the molecule is COCC(C)Oc1ccc2cc(N)ccc2n1.O=[N+]([O-])c1ccc2nc(Cl)ccc2c1. The summed E-state index contributed by atoms with van der Waals surface area (Å²) in [5.41, 5.74) is 8.03. The summed E-state index contributed by atoms with van der Waals surface area (Å²) in [5, 5.41) is 12.6. The molecule has 0 aliphatic heterocycles. The predicted octanol–water partition coefficient (Wildman–Crippen LogP) is 5.03. The van der Waals surface area contributed by atoms with Crippen molar-refractivity contribution in [2.75, 3.05) is 19.5 Å². The van der Waals surface area contributed by atoms with E-state index in [2.05, 4.69) is 9.97 Å². The van der Waals surface area contributed by atoms with E-state index in [1.54, 1.807) is 25.3 Å². The van der Waals surface area contributed by atoms with Crippen LogP contribution in [0.5, 0.6) is 5.88 Å². The Morgan fingerprint density at radius 3 is 2.45 bits per heavy atom. The Kier molecular flexibility index (Phi) is 7.17. The van der Waals surface area contributed by atoms with Gasteiger partial charge in [0.15, 0.2) is 0 Å². The summed E-state index contributed by atoms with van der Waals surface area (Å²) in [6, 6.07) is 17.2. The number of nitrogens with two attached hydrogens (primary N) is 1. The maximum Gasteiger partial charge on any atom is 0.270 e. The van der Waals surface area contributed by atoms with Gasteiger partial charge in [0.1, 0.15) is 11.3 Å². The van der Waals surface area contributed by atoms with Crippen molar-refractivity contribution in [2.24, 2.45) is 0 Å². The maximum atomic E-state index is 10.5. The second-order valence-electron chi connectivity index (χ2n) is 6.75. The highest BCUT2D eigenvalue weighted by Gasteiger charge is 2.07. The van der Waals surface area contributed by atoms with Crippen LogP contribution in [-0.2, 0) is 4.74 Å². The first kappa shape index (κ1) is 22.2. The lowest BCUT2D eigenvalue weighted by molar-refractivity contribution is -0.384. The zero-order valence-electron chi connectivity index (χ0n) is 17.0. The van der Waals surface area contributed by atoms with Crippen molar-refractivity contribution < 1.29 is 14.4 Å². The molecule has 0 fully saturated rings. The fourth-order valence-electron chi connectivity index (χ4n) is 2.87. The molecule has 2 heterocycles. The second-order valence-corrected chi connectivity index (χ2v) is 7.14. The maximum absolute atomic E-state index is 10.5. The smallest absolute Gasteiger partial charge is 0.270 e. The molecule has 2 aromatic heterocycles. The van der Waals surface area contributed by atoms with Crippen LogP contribution in [0.25, 0.3) is 21.8 Å². The summed E-state index contributed by atoms with van der Waals surface area (Å²) in [7, 11) is 1.65. The van der Waals surface area contributed by atoms with Gasteiger partial charge in [-0.3, -0.25) is 10.1 Å². The van der Waals surface area contributed by atoms with E-state index in [9.17, 15) is 10.1 Å². The van der Waals surface area contributed by atoms with Gasteiger partial charge in [0.25, 0.3) is 5.69 Å². The van der Waals surface area contributed by atoms with Crippen LogP contribution in [0.4, 0.5) is 11.4 Å². The molecule has 0 saturated carbocycles. The van der Waals surface area contributed by atoms with Gasteiger partial charge in [-0.2, -0.15) is 0 Å². The standard InChI is InChI=1S/C13H16N2O2.C9H5ClN2O2/c1-9(8-16-2)17-13-6-3-10-7-11(14)4-5-12(10)15-13;10-9-4-1-6-5-7(12(13)14)2-3-8(6)11-9/h3-7,9H,8,14H2,1-2H3;1-5H. The van der Waals surface area contributed by atoms with Gasteiger partial charge in [-0.25, -0.2) is 9.97 Å². The van der Waals surface area contributed by atoms with Crippen LogP contribution >= 0.6 is 11.6 Å². The number of nitro groups is 1. The van der Waals surface area contributed by atoms with E-state index in [1.165, 1.54) is 12.1 Å². The molecule has 31 heavy (non-hydrogen) atoms. The van der Waals surface area contributed by atoms with Gasteiger partial charge in [0, 0.05) is 41.8 Å². The molecule has 0 aliphatic rings. The van der Waals surface area contributed by atoms with Crippen molar-refractivity contribution in [3.8, 4) is 5.88 Å². The van der Waals surface area contributed by atoms with E-state index in [4.69, 9.17) is 26.8 Å². The fraction of sp³-hybridized carbons (Fsp3) is 0.182. The number of ether oxygens (including phenoxy) is 2. The predicted molar refractivity (Wildman–Crippen MR) is 122 cm³/mol. The minimum Gasteiger partial charge on any atom is -0.472 e. The van der Waals surface area contributed by atoms with E-state index in [0.717, 1.165) is 16.6 Å². The zero-order valence-corrected chi connectivity index (χ0v) is 17.7. The molecule has 2 aromatic carbocycles. The van der Waals surface area contributed by atoms with Crippen LogP contribution in [0.15, 0.2) is 60.7 Å². The highest BCUT2D eigenvalue weighted by Crippen LogP contribution is 2.21. The molecule has 0 saturated heterocycles. The van der Waals surface area contributed by atoms with E-state index in [0.29, 0.717) is 28.5 Å². The Hall–Kier alpha value is -3.49. The first-order valence-corrected chi connectivity index (χ1v) is 9.76. The van der Waals surface area contributed by atoms with Crippen LogP contribution in [0, 0.1) is 10.1 Å². The van der Waals surface area contributed by atoms with Crippen LogP contribution in [-0.4, -0.2) is 34.7 Å². The third-order valence-corrected chi connectivity index (χ3v) is 4.47. The second kappa shape index (κ2) is 10.0. The highest BCUT2D eigenvalue weighted by atomic mass is 35.5. The van der Waals surface area contributed by atoms with Crippen molar-refractivity contribution in [2.45, 2.75) is 13.0 Å². The Morgan fingerprint density at radius 1 is 1.03 bits per heavy atom. The number of halogens is 1. The molecular formula is C22H21ClN4O4. The van der Waals surface area contributed by atoms with E-state index in [-0.39, 0.29) is 11.8 Å². The summed E-state index contributed by atoms with van der Waals surface area (Å²) in [4.78, 5) is 18.5. The first-order valence-electron chi connectivity index (χ1n) is 9.38. The molecule has 0 aliphatic carbocycles. The quantitative estimate of drug-likeness (QED) is 0.200. The molecule has 1 unspecified atom stereocenters. The topological polar surface area (TPSA) is 113 Å². The van der Waals surface area contributed by atoms with Crippen molar-refractivity contribution >= 4 is 44.8 Å². The number of hydrogen-bond donors (Lipinski definition) is 1. The summed E-state index contributed by atoms with van der Waals surface area (Å²) < 4.78 is 10.6. The third-order valence-electron chi connectivity index (χ3n) is 4.26. The van der Waals surface area contributed by atoms with Gasteiger partial charge in [0.2, 0.25) is 5.88 Å². The monoisotopic (exact) mass is 440 g/mol. The molecule has 2 N–H and O–H groups in total. The Balaban J connectivity index is 0.000000179. The number of non-ortho nitro benzene ring substituents is 1. The number of nitrogen functional groups attached to an aromatic ring is 1. The molecule has 0 radical (unpaired) electrons. The van der Waals surface area contributed by atoms with Crippen LogP contribution in [0.3, 0.4) is 0 Å². The van der Waals surface area contributed by atoms with Crippen molar-refractivity contribution in [1.29, 1.82) is 0 Å². The van der Waals surface area contributed by atoms with Crippen LogP contribution in [0.2, 0.25) is 5.15 Å². The van der Waals surface area contributed by atoms with Gasteiger partial charge < -0.3 is 15.2 Å². The molecular weight excluding hydrogens is 420 g/mol. The number of methoxy groups -OCH3 is 1. The number of fused-ring (bicyclic) bond motifs is 2. The lowest BCUT2D eigenvalue weighted by Crippen LogP contribution is -2.18. The largest absolute Gasteiger partial charge is 0.472 e. The summed E-state index contributed by atoms with van der Waals surface area (Å²) in [6.07, 6.45) is -0.0151. The zero-order chi connectivity index (χ0) is 22.4. The number of aromatic nitrogens is 2. The van der Waals surface area contributed by atoms with Crippen LogP contribution in [0.1, 0.15) is 6.92 Å². The normalized spacial score (nSPS) is 11.6. The number of benzene rings is 2. The van der Waals surface area contributed by atoms with Gasteiger partial charge in [-0.05, 0) is 49.4 Å². The third kappa shape index (κ3) is 6.00. The number of nitro benzene ring substituents is 1.